The molecular formula is C12H15Cl2NO2. The Morgan fingerprint density at radius 2 is 1.71 bits per heavy atom. The normalized spacial score (nSPS) is 10.0. The Kier molecular flexibility index (Phi) is 6.82. The maximum absolute atomic E-state index is 11.8. The first-order valence-corrected chi connectivity index (χ1v) is 6.42. The molecule has 17 heavy (non-hydrogen) atoms. The summed E-state index contributed by atoms with van der Waals surface area (Å²) in [7, 11) is 0. The molecule has 0 aliphatic heterocycles. The van der Waals surface area contributed by atoms with E-state index in [1.165, 1.54) is 0 Å². The van der Waals surface area contributed by atoms with E-state index in [-0.39, 0.29) is 12.5 Å². The van der Waals surface area contributed by atoms with Crippen LogP contribution in [0.1, 0.15) is 0 Å². The molecular weight excluding hydrogens is 261 g/mol. The van der Waals surface area contributed by atoms with Crippen LogP contribution in [0.3, 0.4) is 0 Å². The van der Waals surface area contributed by atoms with Gasteiger partial charge in [0.15, 0.2) is 6.61 Å². The summed E-state index contributed by atoms with van der Waals surface area (Å²) in [5.41, 5.74) is 0. The average Bonchev–Trinajstić information content (AvgIpc) is 2.37. The Morgan fingerprint density at radius 1 is 1.12 bits per heavy atom. The van der Waals surface area contributed by atoms with Crippen LogP contribution < -0.4 is 4.74 Å². The number of ether oxygens (including phenoxy) is 1. The molecule has 0 saturated carbocycles. The number of carbonyl (C=O) groups excluding carboxylic acids is 1. The maximum Gasteiger partial charge on any atom is 0.260 e. The molecule has 0 N–H and O–H groups in total. The topological polar surface area (TPSA) is 29.5 Å². The third-order valence-electron chi connectivity index (χ3n) is 2.17. The number of rotatable bonds is 7. The molecule has 0 aromatic heterocycles. The van der Waals surface area contributed by atoms with Crippen LogP contribution in [0, 0.1) is 0 Å². The highest BCUT2D eigenvalue weighted by Crippen LogP contribution is 2.08. The highest BCUT2D eigenvalue weighted by atomic mass is 35.5. The van der Waals surface area contributed by atoms with Gasteiger partial charge in [0.2, 0.25) is 0 Å². The molecule has 0 aliphatic carbocycles. The Labute approximate surface area is 111 Å². The van der Waals surface area contributed by atoms with E-state index in [2.05, 4.69) is 0 Å². The van der Waals surface area contributed by atoms with E-state index in [9.17, 15) is 4.79 Å². The molecule has 0 unspecified atom stereocenters. The fourth-order valence-corrected chi connectivity index (χ4v) is 1.73. The smallest absolute Gasteiger partial charge is 0.260 e. The van der Waals surface area contributed by atoms with Crippen LogP contribution in [0.25, 0.3) is 0 Å². The van der Waals surface area contributed by atoms with Crippen molar-refractivity contribution in [2.45, 2.75) is 0 Å². The summed E-state index contributed by atoms with van der Waals surface area (Å²) in [5.74, 6) is 1.37. The van der Waals surface area contributed by atoms with E-state index in [1.807, 2.05) is 18.2 Å². The second-order valence-corrected chi connectivity index (χ2v) is 4.12. The number of benzene rings is 1. The van der Waals surface area contributed by atoms with Crippen molar-refractivity contribution in [2.75, 3.05) is 31.5 Å². The molecule has 0 saturated heterocycles. The molecule has 0 fully saturated rings. The maximum atomic E-state index is 11.8. The monoisotopic (exact) mass is 275 g/mol. The Balaban J connectivity index is 2.41. The first kappa shape index (κ1) is 14.1. The van der Waals surface area contributed by atoms with Crippen molar-refractivity contribution < 1.29 is 9.53 Å². The number of amides is 1. The summed E-state index contributed by atoms with van der Waals surface area (Å²) in [6, 6.07) is 9.22. The third kappa shape index (κ3) is 5.29. The molecule has 0 spiro atoms. The quantitative estimate of drug-likeness (QED) is 0.715. The van der Waals surface area contributed by atoms with Gasteiger partial charge < -0.3 is 9.64 Å². The summed E-state index contributed by atoms with van der Waals surface area (Å²) in [6.07, 6.45) is 0. The zero-order chi connectivity index (χ0) is 12.5. The first-order valence-electron chi connectivity index (χ1n) is 5.35. The van der Waals surface area contributed by atoms with Crippen molar-refractivity contribution in [2.24, 2.45) is 0 Å². The minimum atomic E-state index is -0.102. The Bertz CT molecular complexity index is 327. The van der Waals surface area contributed by atoms with Gasteiger partial charge in [0.05, 0.1) is 0 Å². The van der Waals surface area contributed by atoms with Gasteiger partial charge in [-0.15, -0.1) is 23.2 Å². The van der Waals surface area contributed by atoms with Gasteiger partial charge in [-0.25, -0.2) is 0 Å². The van der Waals surface area contributed by atoms with E-state index < -0.39 is 0 Å². The van der Waals surface area contributed by atoms with Crippen LogP contribution in [0.15, 0.2) is 30.3 Å². The average molecular weight is 276 g/mol. The van der Waals surface area contributed by atoms with E-state index in [4.69, 9.17) is 27.9 Å². The van der Waals surface area contributed by atoms with Gasteiger partial charge in [0.1, 0.15) is 5.75 Å². The molecule has 1 aromatic carbocycles. The minimum Gasteiger partial charge on any atom is -0.484 e. The largest absolute Gasteiger partial charge is 0.484 e. The highest BCUT2D eigenvalue weighted by molar-refractivity contribution is 6.18. The van der Waals surface area contributed by atoms with Gasteiger partial charge in [0.25, 0.3) is 5.91 Å². The van der Waals surface area contributed by atoms with Crippen LogP contribution in [0.2, 0.25) is 0 Å². The predicted molar refractivity (Wildman–Crippen MR) is 70.0 cm³/mol. The van der Waals surface area contributed by atoms with Gasteiger partial charge in [-0.3, -0.25) is 4.79 Å². The number of para-hydroxylation sites is 1. The van der Waals surface area contributed by atoms with Crippen LogP contribution in [0.5, 0.6) is 5.75 Å². The molecule has 0 bridgehead atoms. The Morgan fingerprint density at radius 3 is 2.24 bits per heavy atom. The lowest BCUT2D eigenvalue weighted by Crippen LogP contribution is -2.37. The standard InChI is InChI=1S/C12H15Cl2NO2/c13-6-8-15(9-7-14)12(16)10-17-11-4-2-1-3-5-11/h1-5H,6-10H2. The first-order chi connectivity index (χ1) is 8.27. The van der Waals surface area contributed by atoms with E-state index in [0.29, 0.717) is 30.6 Å². The lowest BCUT2D eigenvalue weighted by Gasteiger charge is -2.20. The fourth-order valence-electron chi connectivity index (χ4n) is 1.32. The lowest BCUT2D eigenvalue weighted by molar-refractivity contribution is -0.132. The number of carbonyl (C=O) groups is 1. The van der Waals surface area contributed by atoms with Gasteiger partial charge >= 0.3 is 0 Å². The summed E-state index contributed by atoms with van der Waals surface area (Å²) in [6.45, 7) is 0.994. The van der Waals surface area contributed by atoms with Crippen molar-refractivity contribution in [3.05, 3.63) is 30.3 Å². The number of nitrogens with zero attached hydrogens (tertiary/aromatic N) is 1. The lowest BCUT2D eigenvalue weighted by atomic mass is 10.3. The summed E-state index contributed by atoms with van der Waals surface area (Å²) < 4.78 is 5.36. The zero-order valence-electron chi connectivity index (χ0n) is 9.44. The van der Waals surface area contributed by atoms with E-state index >= 15 is 0 Å². The summed E-state index contributed by atoms with van der Waals surface area (Å²) in [4.78, 5) is 13.4. The van der Waals surface area contributed by atoms with Crippen molar-refractivity contribution >= 4 is 29.1 Å². The second kappa shape index (κ2) is 8.20. The molecule has 0 heterocycles. The Hall–Kier alpha value is -0.930. The minimum absolute atomic E-state index is 0.0117. The fraction of sp³-hybridized carbons (Fsp3) is 0.417. The second-order valence-electron chi connectivity index (χ2n) is 3.36. The molecule has 94 valence electrons. The molecule has 5 heteroatoms. The summed E-state index contributed by atoms with van der Waals surface area (Å²) >= 11 is 11.2. The van der Waals surface area contributed by atoms with Crippen molar-refractivity contribution in [1.29, 1.82) is 0 Å². The number of halogens is 2. The number of hydrogen-bond donors (Lipinski definition) is 0. The van der Waals surface area contributed by atoms with Crippen molar-refractivity contribution in [3.8, 4) is 5.75 Å². The SMILES string of the molecule is O=C(COc1ccccc1)N(CCCl)CCCl. The summed E-state index contributed by atoms with van der Waals surface area (Å²) in [5, 5.41) is 0. The van der Waals surface area contributed by atoms with Crippen molar-refractivity contribution in [1.82, 2.24) is 4.90 Å². The van der Waals surface area contributed by atoms with Gasteiger partial charge in [0, 0.05) is 24.8 Å². The van der Waals surface area contributed by atoms with E-state index in [0.717, 1.165) is 0 Å². The molecule has 0 radical (unpaired) electrons. The van der Waals surface area contributed by atoms with Crippen LogP contribution in [-0.2, 0) is 4.79 Å². The predicted octanol–water partition coefficient (Wildman–Crippen LogP) is 2.37. The number of alkyl halides is 2. The molecule has 0 atom stereocenters. The van der Waals surface area contributed by atoms with Gasteiger partial charge in [-0.1, -0.05) is 18.2 Å². The highest BCUT2D eigenvalue weighted by Gasteiger charge is 2.12. The third-order valence-corrected chi connectivity index (χ3v) is 2.51. The molecule has 1 rings (SSSR count). The van der Waals surface area contributed by atoms with Gasteiger partial charge in [-0.05, 0) is 12.1 Å². The van der Waals surface area contributed by atoms with Crippen LogP contribution in [-0.4, -0.2) is 42.3 Å². The molecule has 1 aromatic rings. The molecule has 0 aliphatic rings. The van der Waals surface area contributed by atoms with Crippen LogP contribution in [0.4, 0.5) is 0 Å². The zero-order valence-corrected chi connectivity index (χ0v) is 11.0. The number of hydrogen-bond acceptors (Lipinski definition) is 2. The van der Waals surface area contributed by atoms with Crippen LogP contribution >= 0.6 is 23.2 Å². The van der Waals surface area contributed by atoms with E-state index in [1.54, 1.807) is 17.0 Å². The molecule has 1 amide bonds. The van der Waals surface area contributed by atoms with Gasteiger partial charge in [-0.2, -0.15) is 0 Å². The van der Waals surface area contributed by atoms with Crippen molar-refractivity contribution in [3.63, 3.8) is 0 Å². The molecule has 3 nitrogen and oxygen atoms in total.